The Morgan fingerprint density at radius 1 is 1.30 bits per heavy atom. The van der Waals surface area contributed by atoms with E-state index >= 15 is 0 Å². The van der Waals surface area contributed by atoms with Crippen LogP contribution in [-0.4, -0.2) is 44.5 Å². The quantitative estimate of drug-likeness (QED) is 0.644. The Bertz CT molecular complexity index is 1010. The van der Waals surface area contributed by atoms with Gasteiger partial charge in [0.15, 0.2) is 0 Å². The number of ether oxygens (including phenoxy) is 1. The molecule has 5 rings (SSSR count). The maximum absolute atomic E-state index is 12.4. The van der Waals surface area contributed by atoms with E-state index in [1.165, 1.54) is 7.11 Å². The van der Waals surface area contributed by atoms with Crippen LogP contribution in [0.1, 0.15) is 18.5 Å². The lowest BCUT2D eigenvalue weighted by Crippen LogP contribution is -2.61. The number of carbonyl (C=O) groups is 1. The number of aliphatic hydroxyl groups excluding tert-OH is 1. The molecule has 1 aromatic rings. The smallest absolute Gasteiger partial charge is 0.314 e. The third-order valence-corrected chi connectivity index (χ3v) is 6.49. The molecule has 0 unspecified atom stereocenters. The number of esters is 1. The predicted octanol–water partition coefficient (Wildman–Crippen LogP) is 1.99. The Hall–Kier alpha value is -2.44. The summed E-state index contributed by atoms with van der Waals surface area (Å²) >= 11 is 0. The molecular weight excluding hydrogens is 344 g/mol. The molecule has 0 amide bonds. The van der Waals surface area contributed by atoms with Crippen molar-refractivity contribution in [1.29, 1.82) is 0 Å². The van der Waals surface area contributed by atoms with Crippen molar-refractivity contribution in [2.24, 2.45) is 11.8 Å². The van der Waals surface area contributed by atoms with E-state index in [2.05, 4.69) is 10.6 Å². The molecule has 6 nitrogen and oxygen atoms in total. The minimum absolute atomic E-state index is 0.107. The maximum atomic E-state index is 12.4. The van der Waals surface area contributed by atoms with E-state index in [0.29, 0.717) is 19.4 Å². The Balaban J connectivity index is 1.67. The average Bonchev–Trinajstić information content (AvgIpc) is 3.05. The van der Waals surface area contributed by atoms with Gasteiger partial charge in [-0.05, 0) is 25.0 Å². The lowest BCUT2D eigenvalue weighted by Gasteiger charge is -2.50. The van der Waals surface area contributed by atoms with Crippen LogP contribution in [0.4, 0.5) is 0 Å². The van der Waals surface area contributed by atoms with Gasteiger partial charge < -0.3 is 19.5 Å². The number of rotatable bonds is 1. The van der Waals surface area contributed by atoms with Crippen LogP contribution >= 0.6 is 0 Å². The molecule has 1 aromatic carbocycles. The summed E-state index contributed by atoms with van der Waals surface area (Å²) < 4.78 is 7.05. The molecule has 27 heavy (non-hydrogen) atoms. The fourth-order valence-electron chi connectivity index (χ4n) is 5.12. The Morgan fingerprint density at radius 3 is 2.93 bits per heavy atom. The molecule has 0 aromatic heterocycles. The third-order valence-electron chi connectivity index (χ3n) is 6.49. The highest BCUT2D eigenvalue weighted by Crippen LogP contribution is 2.47. The monoisotopic (exact) mass is 366 g/mol. The zero-order chi connectivity index (χ0) is 18.8. The van der Waals surface area contributed by atoms with Crippen LogP contribution < -0.4 is 0 Å². The van der Waals surface area contributed by atoms with Crippen molar-refractivity contribution in [3.8, 4) is 11.3 Å². The predicted molar refractivity (Wildman–Crippen MR) is 99.2 cm³/mol. The van der Waals surface area contributed by atoms with Crippen LogP contribution in [0.3, 0.4) is 0 Å². The summed E-state index contributed by atoms with van der Waals surface area (Å²) in [5.41, 5.74) is 2.40. The number of aromatic nitrogens is 2. The van der Waals surface area contributed by atoms with E-state index in [4.69, 9.17) is 9.72 Å². The van der Waals surface area contributed by atoms with Gasteiger partial charge in [-0.15, -0.1) is 0 Å². The Kier molecular flexibility index (Phi) is 3.58. The lowest BCUT2D eigenvalue weighted by molar-refractivity contribution is -0.186. The van der Waals surface area contributed by atoms with E-state index < -0.39 is 23.6 Å². The SMILES string of the molecule is COC(=O)[C@H]1[C@H](O)CC[C@H]2Cn3ccc4c5ccccc5nc-4c3C[C@]21O. The van der Waals surface area contributed by atoms with Crippen LogP contribution in [-0.2, 0) is 22.5 Å². The van der Waals surface area contributed by atoms with Gasteiger partial charge in [-0.2, -0.15) is 0 Å². The highest BCUT2D eigenvalue weighted by molar-refractivity contribution is 5.97. The summed E-state index contributed by atoms with van der Waals surface area (Å²) in [6.07, 6.45) is 2.59. The lowest BCUT2D eigenvalue weighted by atomic mass is 9.63. The third kappa shape index (κ3) is 2.26. The van der Waals surface area contributed by atoms with Crippen molar-refractivity contribution in [3.05, 3.63) is 42.2 Å². The molecule has 0 radical (unpaired) electrons. The first kappa shape index (κ1) is 16.7. The molecular formula is C21H22N2O4. The van der Waals surface area contributed by atoms with Crippen molar-refractivity contribution in [2.45, 2.75) is 37.5 Å². The Labute approximate surface area is 156 Å². The second-order valence-corrected chi connectivity index (χ2v) is 7.82. The molecule has 140 valence electrons. The zero-order valence-electron chi connectivity index (χ0n) is 15.1. The first-order valence-corrected chi connectivity index (χ1v) is 9.37. The summed E-state index contributed by atoms with van der Waals surface area (Å²) in [6, 6.07) is 10.1. The van der Waals surface area contributed by atoms with Crippen LogP contribution in [0.5, 0.6) is 0 Å². The zero-order valence-corrected chi connectivity index (χ0v) is 15.1. The van der Waals surface area contributed by atoms with Crippen molar-refractivity contribution in [3.63, 3.8) is 0 Å². The van der Waals surface area contributed by atoms with Gasteiger partial charge in [-0.3, -0.25) is 4.79 Å². The number of carbonyl (C=O) groups excluding carboxylic acids is 1. The number of hydrogen-bond acceptors (Lipinski definition) is 5. The molecule has 6 heteroatoms. The summed E-state index contributed by atoms with van der Waals surface area (Å²) in [5, 5.41) is 23.2. The van der Waals surface area contributed by atoms with E-state index in [9.17, 15) is 15.0 Å². The van der Waals surface area contributed by atoms with Gasteiger partial charge in [0, 0.05) is 41.7 Å². The normalized spacial score (nSPS) is 30.1. The highest BCUT2D eigenvalue weighted by Gasteiger charge is 2.56. The summed E-state index contributed by atoms with van der Waals surface area (Å²) in [7, 11) is 1.30. The van der Waals surface area contributed by atoms with Crippen LogP contribution in [0.15, 0.2) is 36.5 Å². The number of pyridine rings is 1. The molecule has 1 saturated carbocycles. The van der Waals surface area contributed by atoms with Gasteiger partial charge in [0.1, 0.15) is 5.92 Å². The summed E-state index contributed by atoms with van der Waals surface area (Å²) in [4.78, 5) is 17.2. The van der Waals surface area contributed by atoms with Crippen molar-refractivity contribution in [2.75, 3.05) is 7.11 Å². The number of methoxy groups -OCH3 is 1. The fraction of sp³-hybridized carbons (Fsp3) is 0.429. The highest BCUT2D eigenvalue weighted by atomic mass is 16.5. The second-order valence-electron chi connectivity index (χ2n) is 7.82. The minimum atomic E-state index is -1.33. The first-order valence-electron chi connectivity index (χ1n) is 9.37. The first-order chi connectivity index (χ1) is 13.0. The van der Waals surface area contributed by atoms with E-state index in [0.717, 1.165) is 27.9 Å². The molecule has 0 bridgehead atoms. The van der Waals surface area contributed by atoms with E-state index in [-0.39, 0.29) is 12.3 Å². The van der Waals surface area contributed by atoms with Crippen molar-refractivity contribution in [1.82, 2.24) is 9.55 Å². The molecule has 4 atom stereocenters. The molecule has 3 aliphatic heterocycles. The molecule has 4 aliphatic rings. The largest absolute Gasteiger partial charge is 0.469 e. The number of benzene rings is 1. The topological polar surface area (TPSA) is 84.6 Å². The van der Waals surface area contributed by atoms with Gasteiger partial charge in [0.25, 0.3) is 0 Å². The van der Waals surface area contributed by atoms with Crippen molar-refractivity contribution < 1.29 is 19.7 Å². The number of fused-ring (bicyclic) bond motifs is 6. The summed E-state index contributed by atoms with van der Waals surface area (Å²) in [5.74, 6) is -1.59. The molecule has 3 heterocycles. The van der Waals surface area contributed by atoms with Crippen LogP contribution in [0.2, 0.25) is 0 Å². The number of nitrogens with zero attached hydrogens (tertiary/aromatic N) is 2. The molecule has 2 N–H and O–H groups in total. The van der Waals surface area contributed by atoms with Gasteiger partial charge in [-0.1, -0.05) is 18.2 Å². The molecule has 0 saturated heterocycles. The van der Waals surface area contributed by atoms with Gasteiger partial charge in [-0.25, -0.2) is 4.98 Å². The fourth-order valence-corrected chi connectivity index (χ4v) is 5.12. The standard InChI is InChI=1S/C21H22N2O4/c1-27-20(25)18-17(24)7-6-12-11-23-9-8-14-13-4-2-3-5-15(13)22-19(14)16(23)10-21(12,18)26/h2-5,8-9,12,17-18,24,26H,6-7,10-11H2,1H3/t12-,17+,18+,21-/m0/s1. The number of aliphatic hydroxyl groups is 2. The minimum Gasteiger partial charge on any atom is -0.469 e. The van der Waals surface area contributed by atoms with E-state index in [1.54, 1.807) is 0 Å². The van der Waals surface area contributed by atoms with E-state index in [1.807, 2.05) is 30.5 Å². The molecule has 0 spiro atoms. The number of hydrogen-bond donors (Lipinski definition) is 2. The van der Waals surface area contributed by atoms with Crippen molar-refractivity contribution >= 4 is 16.9 Å². The summed E-state index contributed by atoms with van der Waals surface area (Å²) in [6.45, 7) is 0.602. The molecule has 1 aliphatic carbocycles. The van der Waals surface area contributed by atoms with Gasteiger partial charge in [0.05, 0.1) is 30.0 Å². The van der Waals surface area contributed by atoms with Crippen LogP contribution in [0.25, 0.3) is 22.2 Å². The van der Waals surface area contributed by atoms with Gasteiger partial charge in [0.2, 0.25) is 0 Å². The molecule has 1 fully saturated rings. The maximum Gasteiger partial charge on any atom is 0.314 e. The Morgan fingerprint density at radius 2 is 2.11 bits per heavy atom. The average molecular weight is 366 g/mol. The second kappa shape index (κ2) is 5.78. The van der Waals surface area contributed by atoms with Crippen LogP contribution in [0, 0.1) is 11.8 Å². The van der Waals surface area contributed by atoms with Gasteiger partial charge >= 0.3 is 5.97 Å². The number of para-hydroxylation sites is 1.